The molecule has 0 saturated heterocycles. The first kappa shape index (κ1) is 17.3. The predicted molar refractivity (Wildman–Crippen MR) is 85.4 cm³/mol. The lowest BCUT2D eigenvalue weighted by Crippen LogP contribution is -2.31. The number of hydrogen-bond donors (Lipinski definition) is 4. The minimum absolute atomic E-state index is 0.00524. The number of aliphatic hydroxyl groups excluding tert-OH is 1. The van der Waals surface area contributed by atoms with Crippen LogP contribution in [0.2, 0.25) is 0 Å². The van der Waals surface area contributed by atoms with Crippen LogP contribution < -0.4 is 10.1 Å². The summed E-state index contributed by atoms with van der Waals surface area (Å²) in [6, 6.07) is 9.56. The van der Waals surface area contributed by atoms with E-state index in [0.29, 0.717) is 5.56 Å². The molecule has 0 saturated carbocycles. The molecular weight excluding hydrogens is 314 g/mol. The zero-order valence-electron chi connectivity index (χ0n) is 12.9. The molecule has 1 atom stereocenters. The highest BCUT2D eigenvalue weighted by Crippen LogP contribution is 2.25. The summed E-state index contributed by atoms with van der Waals surface area (Å²) in [5.41, 5.74) is 0.415. The first-order valence-electron chi connectivity index (χ1n) is 7.09. The normalized spacial score (nSPS) is 11.6. The van der Waals surface area contributed by atoms with Crippen molar-refractivity contribution in [2.75, 3.05) is 13.7 Å². The van der Waals surface area contributed by atoms with E-state index >= 15 is 0 Å². The number of carbonyl (C=O) groups excluding carboxylic acids is 1. The molecule has 1 unspecified atom stereocenters. The van der Waals surface area contributed by atoms with Gasteiger partial charge in [0.05, 0.1) is 25.3 Å². The van der Waals surface area contributed by atoms with Gasteiger partial charge in [0.25, 0.3) is 5.91 Å². The van der Waals surface area contributed by atoms with E-state index in [9.17, 15) is 19.8 Å². The first-order chi connectivity index (χ1) is 11.5. The van der Waals surface area contributed by atoms with Crippen molar-refractivity contribution < 1.29 is 29.6 Å². The Morgan fingerprint density at radius 1 is 1.17 bits per heavy atom. The van der Waals surface area contributed by atoms with Gasteiger partial charge in [0, 0.05) is 0 Å². The number of methoxy groups -OCH3 is 1. The van der Waals surface area contributed by atoms with Crippen molar-refractivity contribution >= 4 is 11.9 Å². The van der Waals surface area contributed by atoms with Gasteiger partial charge in [-0.3, -0.25) is 4.79 Å². The molecule has 2 aromatic carbocycles. The molecular formula is C17H17NO6. The van der Waals surface area contributed by atoms with Crippen molar-refractivity contribution in [3.63, 3.8) is 0 Å². The lowest BCUT2D eigenvalue weighted by molar-refractivity contribution is 0.0693. The lowest BCUT2D eigenvalue weighted by Gasteiger charge is -2.18. The van der Waals surface area contributed by atoms with Crippen LogP contribution in [0, 0.1) is 0 Å². The maximum Gasteiger partial charge on any atom is 0.339 e. The smallest absolute Gasteiger partial charge is 0.339 e. The number of amides is 1. The van der Waals surface area contributed by atoms with Crippen LogP contribution in [0.5, 0.6) is 11.5 Å². The molecule has 0 aliphatic rings. The van der Waals surface area contributed by atoms with E-state index in [1.54, 1.807) is 12.1 Å². The summed E-state index contributed by atoms with van der Waals surface area (Å²) < 4.78 is 5.05. The summed E-state index contributed by atoms with van der Waals surface area (Å²) in [6.45, 7) is -0.393. The fourth-order valence-electron chi connectivity index (χ4n) is 2.32. The molecule has 7 nitrogen and oxygen atoms in total. The number of phenols is 1. The van der Waals surface area contributed by atoms with Crippen molar-refractivity contribution in [2.24, 2.45) is 0 Å². The number of carboxylic acids is 1. The fourth-order valence-corrected chi connectivity index (χ4v) is 2.32. The Balaban J connectivity index is 2.32. The van der Waals surface area contributed by atoms with Gasteiger partial charge in [-0.2, -0.15) is 0 Å². The van der Waals surface area contributed by atoms with Crippen LogP contribution in [-0.2, 0) is 0 Å². The van der Waals surface area contributed by atoms with Crippen molar-refractivity contribution in [1.82, 2.24) is 5.32 Å². The van der Waals surface area contributed by atoms with E-state index in [1.165, 1.54) is 37.4 Å². The molecule has 0 fully saturated rings. The third-order valence-electron chi connectivity index (χ3n) is 3.45. The van der Waals surface area contributed by atoms with Gasteiger partial charge in [-0.25, -0.2) is 4.79 Å². The van der Waals surface area contributed by atoms with Gasteiger partial charge >= 0.3 is 5.97 Å². The molecule has 0 aliphatic carbocycles. The summed E-state index contributed by atoms with van der Waals surface area (Å²) in [4.78, 5) is 23.7. The second kappa shape index (κ2) is 7.47. The number of carbonyl (C=O) groups is 2. The zero-order chi connectivity index (χ0) is 17.7. The molecule has 0 heterocycles. The Morgan fingerprint density at radius 2 is 1.83 bits per heavy atom. The number of nitrogens with one attached hydrogen (secondary N) is 1. The quantitative estimate of drug-likeness (QED) is 0.638. The van der Waals surface area contributed by atoms with Gasteiger partial charge in [-0.05, 0) is 29.8 Å². The molecule has 7 heteroatoms. The number of aliphatic hydroxyl groups is 1. The van der Waals surface area contributed by atoms with E-state index in [2.05, 4.69) is 5.32 Å². The average molecular weight is 331 g/mol. The van der Waals surface area contributed by atoms with E-state index in [1.807, 2.05) is 0 Å². The number of aromatic hydroxyl groups is 1. The third-order valence-corrected chi connectivity index (χ3v) is 3.45. The third kappa shape index (κ3) is 3.64. The highest BCUT2D eigenvalue weighted by atomic mass is 16.5. The van der Waals surface area contributed by atoms with Gasteiger partial charge in [-0.15, -0.1) is 0 Å². The second-order valence-corrected chi connectivity index (χ2v) is 5.00. The maximum atomic E-state index is 12.5. The van der Waals surface area contributed by atoms with Crippen molar-refractivity contribution in [1.29, 1.82) is 0 Å². The molecule has 0 spiro atoms. The summed E-state index contributed by atoms with van der Waals surface area (Å²) in [7, 11) is 1.28. The average Bonchev–Trinajstić information content (AvgIpc) is 2.58. The van der Waals surface area contributed by atoms with Crippen LogP contribution in [0.15, 0.2) is 42.5 Å². The van der Waals surface area contributed by atoms with E-state index in [-0.39, 0.29) is 22.6 Å². The van der Waals surface area contributed by atoms with Crippen LogP contribution in [0.1, 0.15) is 32.3 Å². The molecule has 1 amide bonds. The fraction of sp³-hybridized carbons (Fsp3) is 0.176. The Labute approximate surface area is 138 Å². The standard InChI is InChI=1S/C17H17NO6/c1-24-15-12(6-3-7-13(15)17(22)23)16(21)18-14(9-19)10-4-2-5-11(20)8-10/h2-8,14,19-20H,9H2,1H3,(H,18,21)(H,22,23). The molecule has 0 aliphatic heterocycles. The Morgan fingerprint density at radius 3 is 2.42 bits per heavy atom. The van der Waals surface area contributed by atoms with E-state index in [0.717, 1.165) is 0 Å². The number of phenolic OH excluding ortho intramolecular Hbond substituents is 1. The highest BCUT2D eigenvalue weighted by molar-refractivity contribution is 6.02. The summed E-state index contributed by atoms with van der Waals surface area (Å²) in [5.74, 6) is -1.87. The highest BCUT2D eigenvalue weighted by Gasteiger charge is 2.22. The Hall–Kier alpha value is -3.06. The minimum atomic E-state index is -1.21. The van der Waals surface area contributed by atoms with Crippen molar-refractivity contribution in [3.8, 4) is 11.5 Å². The summed E-state index contributed by atoms with van der Waals surface area (Å²) >= 11 is 0. The van der Waals surface area contributed by atoms with Crippen LogP contribution in [0.25, 0.3) is 0 Å². The first-order valence-corrected chi connectivity index (χ1v) is 7.09. The van der Waals surface area contributed by atoms with E-state index < -0.39 is 24.5 Å². The summed E-state index contributed by atoms with van der Waals surface area (Å²) in [6.07, 6.45) is 0. The molecule has 126 valence electrons. The van der Waals surface area contributed by atoms with E-state index in [4.69, 9.17) is 9.84 Å². The number of aromatic carboxylic acids is 1. The van der Waals surface area contributed by atoms with Crippen LogP contribution in [0.4, 0.5) is 0 Å². The predicted octanol–water partition coefficient (Wildman–Crippen LogP) is 1.56. The topological polar surface area (TPSA) is 116 Å². The van der Waals surface area contributed by atoms with Gasteiger partial charge < -0.3 is 25.4 Å². The van der Waals surface area contributed by atoms with Gasteiger partial charge in [0.15, 0.2) is 0 Å². The van der Waals surface area contributed by atoms with Gasteiger partial charge in [-0.1, -0.05) is 18.2 Å². The van der Waals surface area contributed by atoms with Crippen LogP contribution in [0.3, 0.4) is 0 Å². The number of para-hydroxylation sites is 1. The number of carboxylic acid groups (broad SMARTS) is 1. The number of rotatable bonds is 6. The lowest BCUT2D eigenvalue weighted by atomic mass is 10.0. The van der Waals surface area contributed by atoms with Crippen molar-refractivity contribution in [3.05, 3.63) is 59.2 Å². The molecule has 0 radical (unpaired) electrons. The molecule has 2 rings (SSSR count). The minimum Gasteiger partial charge on any atom is -0.508 e. The molecule has 0 aromatic heterocycles. The largest absolute Gasteiger partial charge is 0.508 e. The zero-order valence-corrected chi connectivity index (χ0v) is 12.9. The number of benzene rings is 2. The number of hydrogen-bond acceptors (Lipinski definition) is 5. The summed E-state index contributed by atoms with van der Waals surface area (Å²) in [5, 5.41) is 30.8. The molecule has 0 bridgehead atoms. The van der Waals surface area contributed by atoms with Gasteiger partial charge in [0.1, 0.15) is 17.1 Å². The SMILES string of the molecule is COc1c(C(=O)O)cccc1C(=O)NC(CO)c1cccc(O)c1. The van der Waals surface area contributed by atoms with Crippen molar-refractivity contribution in [2.45, 2.75) is 6.04 Å². The van der Waals surface area contributed by atoms with Crippen LogP contribution in [-0.4, -0.2) is 40.9 Å². The Bertz CT molecular complexity index is 758. The van der Waals surface area contributed by atoms with Gasteiger partial charge in [0.2, 0.25) is 0 Å². The Kier molecular flexibility index (Phi) is 5.39. The maximum absolute atomic E-state index is 12.5. The molecule has 2 aromatic rings. The second-order valence-electron chi connectivity index (χ2n) is 5.00. The molecule has 4 N–H and O–H groups in total. The molecule has 24 heavy (non-hydrogen) atoms. The monoisotopic (exact) mass is 331 g/mol. The van der Waals surface area contributed by atoms with Crippen LogP contribution >= 0.6 is 0 Å². The number of ether oxygens (including phenoxy) is 1.